The standard InChI is InChI=1S/C46H52N2O8/c1-47(28-45(50)51)41(24-25-49)26-34-12-20-44(21-13-34)56-32-38-10-18-40(19-11-38)39-16-8-37(9-17-39)30-54-33-42(48(2)29-46(52)53)27-35-14-22-43(23-15-35)55-31-36-6-4-3-5-7-36/h3-23,41-42,49H,24-33H2,1-2H3,(H,50,51)(H,52,53)/t41-,42+/m1/s1. The number of carbonyl (C=O) groups is 2. The lowest BCUT2D eigenvalue weighted by molar-refractivity contribution is -0.139. The Kier molecular flexibility index (Phi) is 16.0. The Morgan fingerprint density at radius 3 is 1.41 bits per heavy atom. The molecule has 0 bridgehead atoms. The van der Waals surface area contributed by atoms with E-state index in [4.69, 9.17) is 19.3 Å². The molecule has 10 heteroatoms. The summed E-state index contributed by atoms with van der Waals surface area (Å²) in [6.07, 6.45) is 1.77. The minimum Gasteiger partial charge on any atom is -0.489 e. The first-order valence-electron chi connectivity index (χ1n) is 18.8. The van der Waals surface area contributed by atoms with Gasteiger partial charge in [0, 0.05) is 18.7 Å². The molecule has 0 aliphatic rings. The third-order valence-corrected chi connectivity index (χ3v) is 9.74. The Labute approximate surface area is 329 Å². The van der Waals surface area contributed by atoms with Crippen molar-refractivity contribution in [2.45, 2.75) is 51.2 Å². The number of nitrogens with zero attached hydrogens (tertiary/aromatic N) is 2. The predicted octanol–water partition coefficient (Wildman–Crippen LogP) is 6.97. The average molecular weight is 761 g/mol. The summed E-state index contributed by atoms with van der Waals surface area (Å²) in [5.74, 6) is -0.247. The molecule has 5 aromatic rings. The van der Waals surface area contributed by atoms with Gasteiger partial charge in [-0.3, -0.25) is 19.4 Å². The number of carboxylic acids is 2. The van der Waals surface area contributed by atoms with E-state index in [1.165, 1.54) is 0 Å². The van der Waals surface area contributed by atoms with Crippen molar-refractivity contribution in [2.24, 2.45) is 0 Å². The van der Waals surface area contributed by atoms with Crippen LogP contribution in [-0.2, 0) is 47.0 Å². The molecule has 0 aliphatic carbocycles. The number of aliphatic hydroxyl groups is 1. The van der Waals surface area contributed by atoms with Crippen LogP contribution in [0.4, 0.5) is 0 Å². The van der Waals surface area contributed by atoms with Crippen LogP contribution < -0.4 is 9.47 Å². The highest BCUT2D eigenvalue weighted by molar-refractivity contribution is 5.69. The van der Waals surface area contributed by atoms with Gasteiger partial charge in [-0.05, 0) is 96.6 Å². The first-order chi connectivity index (χ1) is 27.1. The number of benzene rings is 5. The summed E-state index contributed by atoms with van der Waals surface area (Å²) in [5.41, 5.74) is 7.46. The number of ether oxygens (including phenoxy) is 3. The highest BCUT2D eigenvalue weighted by atomic mass is 16.5. The van der Waals surface area contributed by atoms with Crippen molar-refractivity contribution >= 4 is 11.9 Å². The summed E-state index contributed by atoms with van der Waals surface area (Å²) in [6.45, 7) is 1.54. The zero-order valence-corrected chi connectivity index (χ0v) is 32.1. The second kappa shape index (κ2) is 21.5. The van der Waals surface area contributed by atoms with Gasteiger partial charge in [0.25, 0.3) is 0 Å². The molecule has 0 saturated carbocycles. The molecule has 0 amide bonds. The lowest BCUT2D eigenvalue weighted by Crippen LogP contribution is -2.40. The first-order valence-corrected chi connectivity index (χ1v) is 18.8. The van der Waals surface area contributed by atoms with Crippen LogP contribution in [0.1, 0.15) is 34.2 Å². The van der Waals surface area contributed by atoms with Crippen LogP contribution >= 0.6 is 0 Å². The maximum atomic E-state index is 11.5. The molecule has 5 aromatic carbocycles. The SMILES string of the molecule is CN(CC(=O)O)[C@H](CCO)Cc1ccc(OCc2ccc(-c3ccc(COC[C@H](Cc4ccc(OCc5ccccc5)cc4)N(C)CC(=O)O)cc3)cc2)cc1. The summed E-state index contributed by atoms with van der Waals surface area (Å²) < 4.78 is 18.1. The van der Waals surface area contributed by atoms with Crippen molar-refractivity contribution in [3.05, 3.63) is 155 Å². The highest BCUT2D eigenvalue weighted by Gasteiger charge is 2.19. The Morgan fingerprint density at radius 1 is 0.536 bits per heavy atom. The van der Waals surface area contributed by atoms with Crippen LogP contribution in [0, 0.1) is 0 Å². The number of likely N-dealkylation sites (N-methyl/N-ethyl adjacent to an activating group) is 2. The van der Waals surface area contributed by atoms with Gasteiger partial charge in [-0.25, -0.2) is 0 Å². The monoisotopic (exact) mass is 760 g/mol. The van der Waals surface area contributed by atoms with Crippen LogP contribution in [0.25, 0.3) is 11.1 Å². The Balaban J connectivity index is 1.08. The van der Waals surface area contributed by atoms with E-state index < -0.39 is 11.9 Å². The molecule has 0 aliphatic heterocycles. The number of rotatable bonds is 23. The fourth-order valence-electron chi connectivity index (χ4n) is 6.45. The van der Waals surface area contributed by atoms with Crippen LogP contribution in [0.5, 0.6) is 11.5 Å². The number of hydrogen-bond donors (Lipinski definition) is 3. The minimum absolute atomic E-state index is 0.00264. The van der Waals surface area contributed by atoms with Crippen molar-refractivity contribution in [1.29, 1.82) is 0 Å². The molecule has 5 rings (SSSR count). The first kappa shape index (κ1) is 41.6. The number of aliphatic hydroxyl groups excluding tert-OH is 1. The van der Waals surface area contributed by atoms with Gasteiger partial charge in [0.2, 0.25) is 0 Å². The van der Waals surface area contributed by atoms with E-state index in [0.717, 1.165) is 50.4 Å². The molecule has 10 nitrogen and oxygen atoms in total. The van der Waals surface area contributed by atoms with E-state index in [9.17, 15) is 19.8 Å². The molecule has 294 valence electrons. The second-order valence-electron chi connectivity index (χ2n) is 14.1. The predicted molar refractivity (Wildman–Crippen MR) is 217 cm³/mol. The summed E-state index contributed by atoms with van der Waals surface area (Å²) in [4.78, 5) is 26.2. The zero-order chi connectivity index (χ0) is 39.7. The van der Waals surface area contributed by atoms with E-state index in [1.54, 1.807) is 11.9 Å². The Hall–Kier alpha value is -5.52. The van der Waals surface area contributed by atoms with Crippen molar-refractivity contribution in [3.8, 4) is 22.6 Å². The molecule has 0 saturated heterocycles. The normalized spacial score (nSPS) is 12.4. The van der Waals surface area contributed by atoms with Crippen molar-refractivity contribution in [2.75, 3.05) is 40.4 Å². The third-order valence-electron chi connectivity index (χ3n) is 9.74. The molecule has 0 unspecified atom stereocenters. The van der Waals surface area contributed by atoms with Crippen LogP contribution in [0.2, 0.25) is 0 Å². The van der Waals surface area contributed by atoms with Crippen molar-refractivity contribution < 1.29 is 39.1 Å². The maximum absolute atomic E-state index is 11.5. The number of aliphatic carboxylic acids is 2. The lowest BCUT2D eigenvalue weighted by atomic mass is 10.0. The zero-order valence-electron chi connectivity index (χ0n) is 32.1. The van der Waals surface area contributed by atoms with E-state index in [0.29, 0.717) is 45.7 Å². The Morgan fingerprint density at radius 2 is 0.946 bits per heavy atom. The smallest absolute Gasteiger partial charge is 0.317 e. The minimum atomic E-state index is -0.891. The van der Waals surface area contributed by atoms with Gasteiger partial charge in [0.05, 0.1) is 26.3 Å². The largest absolute Gasteiger partial charge is 0.489 e. The fraction of sp³-hybridized carbons (Fsp3) is 0.304. The average Bonchev–Trinajstić information content (AvgIpc) is 3.20. The van der Waals surface area contributed by atoms with E-state index in [2.05, 4.69) is 48.5 Å². The summed E-state index contributed by atoms with van der Waals surface area (Å²) in [7, 11) is 3.58. The number of hydrogen-bond acceptors (Lipinski definition) is 8. The number of carboxylic acid groups (broad SMARTS) is 2. The molecular weight excluding hydrogens is 709 g/mol. The van der Waals surface area contributed by atoms with Crippen molar-refractivity contribution in [1.82, 2.24) is 9.80 Å². The molecule has 2 atom stereocenters. The molecule has 0 spiro atoms. The molecule has 0 radical (unpaired) electrons. The molecule has 0 heterocycles. The van der Waals surface area contributed by atoms with Gasteiger partial charge in [-0.1, -0.05) is 103 Å². The van der Waals surface area contributed by atoms with E-state index in [-0.39, 0.29) is 31.8 Å². The van der Waals surface area contributed by atoms with Gasteiger partial charge in [0.1, 0.15) is 24.7 Å². The van der Waals surface area contributed by atoms with Crippen molar-refractivity contribution in [3.63, 3.8) is 0 Å². The van der Waals surface area contributed by atoms with Gasteiger partial charge in [0.15, 0.2) is 0 Å². The van der Waals surface area contributed by atoms with E-state index >= 15 is 0 Å². The molecular formula is C46H52N2O8. The quantitative estimate of drug-likeness (QED) is 0.0643. The summed E-state index contributed by atoms with van der Waals surface area (Å²) in [5, 5.41) is 28.0. The topological polar surface area (TPSA) is 129 Å². The second-order valence-corrected chi connectivity index (χ2v) is 14.1. The summed E-state index contributed by atoms with van der Waals surface area (Å²) in [6, 6.07) is 42.0. The molecule has 0 fully saturated rings. The van der Waals surface area contributed by atoms with Gasteiger partial charge >= 0.3 is 11.9 Å². The third kappa shape index (κ3) is 13.6. The molecule has 56 heavy (non-hydrogen) atoms. The van der Waals surface area contributed by atoms with Gasteiger partial charge in [-0.2, -0.15) is 0 Å². The molecule has 0 aromatic heterocycles. The lowest BCUT2D eigenvalue weighted by Gasteiger charge is -2.27. The van der Waals surface area contributed by atoms with Crippen LogP contribution in [0.15, 0.2) is 127 Å². The summed E-state index contributed by atoms with van der Waals surface area (Å²) >= 11 is 0. The van der Waals surface area contributed by atoms with E-state index in [1.807, 2.05) is 90.8 Å². The van der Waals surface area contributed by atoms with Gasteiger partial charge < -0.3 is 29.5 Å². The molecule has 3 N–H and O–H groups in total. The maximum Gasteiger partial charge on any atom is 0.317 e. The highest BCUT2D eigenvalue weighted by Crippen LogP contribution is 2.23. The van der Waals surface area contributed by atoms with Crippen LogP contribution in [-0.4, -0.2) is 89.5 Å². The fourth-order valence-corrected chi connectivity index (χ4v) is 6.45. The Bertz CT molecular complexity index is 1920. The van der Waals surface area contributed by atoms with Crippen LogP contribution in [0.3, 0.4) is 0 Å². The van der Waals surface area contributed by atoms with Gasteiger partial charge in [-0.15, -0.1) is 0 Å².